The average molecular weight is 381 g/mol. The van der Waals surface area contributed by atoms with Crippen LogP contribution in [0.2, 0.25) is 0 Å². The molecule has 1 aliphatic heterocycles. The van der Waals surface area contributed by atoms with Gasteiger partial charge in [-0.15, -0.1) is 0 Å². The standard InChI is InChI=1S/C20H23N5O3/c1-24(2)6-7-25(3)14-9-13(12-4-5-15-16(8-12)28-11-27-15)18-19(23-10-22-18)17(14)20(21)26/h4-5,8-10H,6-7,11H2,1-3H3,(H2,21,26)(H,22,23). The number of benzene rings is 2. The molecule has 0 saturated heterocycles. The fourth-order valence-electron chi connectivity index (χ4n) is 3.40. The van der Waals surface area contributed by atoms with Crippen molar-refractivity contribution in [3.8, 4) is 22.6 Å². The highest BCUT2D eigenvalue weighted by Gasteiger charge is 2.22. The number of carbonyl (C=O) groups excluding carboxylic acids is 1. The third kappa shape index (κ3) is 3.11. The van der Waals surface area contributed by atoms with E-state index >= 15 is 0 Å². The zero-order chi connectivity index (χ0) is 19.8. The maximum absolute atomic E-state index is 12.3. The number of aromatic amines is 1. The molecule has 2 heterocycles. The predicted molar refractivity (Wildman–Crippen MR) is 108 cm³/mol. The van der Waals surface area contributed by atoms with Crippen molar-refractivity contribution in [1.82, 2.24) is 14.9 Å². The Kier molecular flexibility index (Phi) is 4.56. The van der Waals surface area contributed by atoms with Gasteiger partial charge in [-0.2, -0.15) is 0 Å². The van der Waals surface area contributed by atoms with Crippen LogP contribution in [-0.2, 0) is 0 Å². The monoisotopic (exact) mass is 381 g/mol. The molecule has 146 valence electrons. The lowest BCUT2D eigenvalue weighted by Crippen LogP contribution is -2.30. The van der Waals surface area contributed by atoms with E-state index < -0.39 is 5.91 Å². The first kappa shape index (κ1) is 18.1. The fourth-order valence-corrected chi connectivity index (χ4v) is 3.40. The molecule has 0 saturated carbocycles. The van der Waals surface area contributed by atoms with Crippen LogP contribution < -0.4 is 20.1 Å². The van der Waals surface area contributed by atoms with Gasteiger partial charge in [0.2, 0.25) is 6.79 Å². The van der Waals surface area contributed by atoms with Gasteiger partial charge < -0.3 is 30.0 Å². The van der Waals surface area contributed by atoms with Gasteiger partial charge in [0.05, 0.1) is 28.6 Å². The number of nitrogens with one attached hydrogen (secondary N) is 1. The molecule has 0 radical (unpaired) electrons. The zero-order valence-electron chi connectivity index (χ0n) is 16.2. The van der Waals surface area contributed by atoms with Crippen LogP contribution in [0.15, 0.2) is 30.6 Å². The molecule has 3 N–H and O–H groups in total. The van der Waals surface area contributed by atoms with Gasteiger partial charge in [0.1, 0.15) is 0 Å². The van der Waals surface area contributed by atoms with E-state index in [9.17, 15) is 4.79 Å². The molecule has 4 rings (SSSR count). The van der Waals surface area contributed by atoms with E-state index in [0.29, 0.717) is 22.3 Å². The number of hydrogen-bond acceptors (Lipinski definition) is 6. The Balaban J connectivity index is 1.88. The minimum absolute atomic E-state index is 0.218. The molecule has 0 unspecified atom stereocenters. The second-order valence-electron chi connectivity index (χ2n) is 7.10. The van der Waals surface area contributed by atoms with Crippen molar-refractivity contribution in [2.75, 3.05) is 45.9 Å². The number of nitrogens with zero attached hydrogens (tertiary/aromatic N) is 3. The van der Waals surface area contributed by atoms with Crippen LogP contribution in [0.4, 0.5) is 5.69 Å². The predicted octanol–water partition coefficient (Wildman–Crippen LogP) is 2.06. The minimum Gasteiger partial charge on any atom is -0.454 e. The molecule has 0 bridgehead atoms. The quantitative estimate of drug-likeness (QED) is 0.678. The summed E-state index contributed by atoms with van der Waals surface area (Å²) in [7, 11) is 5.98. The molecule has 0 atom stereocenters. The number of likely N-dealkylation sites (N-methyl/N-ethyl adjacent to an activating group) is 2. The largest absolute Gasteiger partial charge is 0.454 e. The lowest BCUT2D eigenvalue weighted by Gasteiger charge is -2.24. The van der Waals surface area contributed by atoms with Crippen LogP contribution in [0.1, 0.15) is 10.4 Å². The van der Waals surface area contributed by atoms with Crippen molar-refractivity contribution in [3.05, 3.63) is 36.2 Å². The van der Waals surface area contributed by atoms with Crippen LogP contribution in [-0.4, -0.2) is 61.8 Å². The summed E-state index contributed by atoms with van der Waals surface area (Å²) in [4.78, 5) is 23.9. The molecule has 0 aliphatic carbocycles. The third-order valence-corrected chi connectivity index (χ3v) is 4.91. The number of aromatic nitrogens is 2. The van der Waals surface area contributed by atoms with Crippen LogP contribution in [0.25, 0.3) is 22.2 Å². The Morgan fingerprint density at radius 2 is 1.96 bits per heavy atom. The Hall–Kier alpha value is -3.26. The lowest BCUT2D eigenvalue weighted by molar-refractivity contribution is 0.100. The maximum Gasteiger partial charge on any atom is 0.253 e. The highest BCUT2D eigenvalue weighted by Crippen LogP contribution is 2.40. The van der Waals surface area contributed by atoms with Gasteiger partial charge in [-0.05, 0) is 37.9 Å². The van der Waals surface area contributed by atoms with Gasteiger partial charge in [0.25, 0.3) is 5.91 Å². The highest BCUT2D eigenvalue weighted by molar-refractivity contribution is 6.12. The summed E-state index contributed by atoms with van der Waals surface area (Å²) in [6, 6.07) is 7.74. The Morgan fingerprint density at radius 3 is 2.71 bits per heavy atom. The molecule has 1 aliphatic rings. The molecule has 0 spiro atoms. The topological polar surface area (TPSA) is 96.7 Å². The van der Waals surface area contributed by atoms with Gasteiger partial charge >= 0.3 is 0 Å². The van der Waals surface area contributed by atoms with Crippen molar-refractivity contribution in [1.29, 1.82) is 0 Å². The van der Waals surface area contributed by atoms with Crippen LogP contribution in [0.3, 0.4) is 0 Å². The number of hydrogen-bond donors (Lipinski definition) is 2. The molecule has 3 aromatic rings. The summed E-state index contributed by atoms with van der Waals surface area (Å²) in [6.45, 7) is 1.80. The number of imidazole rings is 1. The number of ether oxygens (including phenoxy) is 2. The van der Waals surface area contributed by atoms with E-state index in [1.807, 2.05) is 50.3 Å². The van der Waals surface area contributed by atoms with Crippen molar-refractivity contribution < 1.29 is 14.3 Å². The Labute approximate surface area is 162 Å². The smallest absolute Gasteiger partial charge is 0.253 e. The van der Waals surface area contributed by atoms with Crippen LogP contribution >= 0.6 is 0 Å². The summed E-state index contributed by atoms with van der Waals surface area (Å²) in [5, 5.41) is 0. The summed E-state index contributed by atoms with van der Waals surface area (Å²) < 4.78 is 10.9. The lowest BCUT2D eigenvalue weighted by atomic mass is 9.98. The van der Waals surface area contributed by atoms with Crippen LogP contribution in [0, 0.1) is 0 Å². The maximum atomic E-state index is 12.3. The second kappa shape index (κ2) is 7.05. The fraction of sp³-hybridized carbons (Fsp3) is 0.300. The van der Waals surface area contributed by atoms with E-state index in [4.69, 9.17) is 15.2 Å². The summed E-state index contributed by atoms with van der Waals surface area (Å²) >= 11 is 0. The first-order valence-electron chi connectivity index (χ1n) is 9.01. The average Bonchev–Trinajstić information content (AvgIpc) is 3.32. The van der Waals surface area contributed by atoms with Gasteiger partial charge in [0, 0.05) is 25.7 Å². The molecule has 28 heavy (non-hydrogen) atoms. The van der Waals surface area contributed by atoms with Gasteiger partial charge in [-0.25, -0.2) is 4.98 Å². The first-order valence-corrected chi connectivity index (χ1v) is 9.01. The van der Waals surface area contributed by atoms with Crippen molar-refractivity contribution in [2.45, 2.75) is 0 Å². The van der Waals surface area contributed by atoms with Crippen molar-refractivity contribution in [3.63, 3.8) is 0 Å². The SMILES string of the molecule is CN(C)CCN(C)c1cc(-c2ccc3c(c2)OCO3)c2nc[nH]c2c1C(N)=O. The molecule has 1 amide bonds. The highest BCUT2D eigenvalue weighted by atomic mass is 16.7. The normalized spacial score (nSPS) is 12.7. The molecule has 8 nitrogen and oxygen atoms in total. The van der Waals surface area contributed by atoms with E-state index in [-0.39, 0.29) is 6.79 Å². The first-order chi connectivity index (χ1) is 13.5. The van der Waals surface area contributed by atoms with E-state index in [1.165, 1.54) is 0 Å². The van der Waals surface area contributed by atoms with Gasteiger partial charge in [-0.3, -0.25) is 4.79 Å². The summed E-state index contributed by atoms with van der Waals surface area (Å²) in [5.74, 6) is 0.931. The molecule has 2 aromatic carbocycles. The van der Waals surface area contributed by atoms with E-state index in [0.717, 1.165) is 35.7 Å². The van der Waals surface area contributed by atoms with Gasteiger partial charge in [0.15, 0.2) is 11.5 Å². The molecule has 0 fully saturated rings. The number of anilines is 1. The number of fused-ring (bicyclic) bond motifs is 2. The Morgan fingerprint density at radius 1 is 1.18 bits per heavy atom. The number of carbonyl (C=O) groups is 1. The van der Waals surface area contributed by atoms with Crippen molar-refractivity contribution in [2.24, 2.45) is 5.73 Å². The molecular weight excluding hydrogens is 358 g/mol. The summed E-state index contributed by atoms with van der Waals surface area (Å²) in [6.07, 6.45) is 1.58. The van der Waals surface area contributed by atoms with Crippen LogP contribution in [0.5, 0.6) is 11.5 Å². The second-order valence-corrected chi connectivity index (χ2v) is 7.10. The molecule has 8 heteroatoms. The van der Waals surface area contributed by atoms with Gasteiger partial charge in [-0.1, -0.05) is 6.07 Å². The molecule has 1 aromatic heterocycles. The number of nitrogens with two attached hydrogens (primary N) is 1. The minimum atomic E-state index is -0.488. The van der Waals surface area contributed by atoms with E-state index in [1.54, 1.807) is 6.33 Å². The number of rotatable bonds is 6. The summed E-state index contributed by atoms with van der Waals surface area (Å²) in [5.41, 5.74) is 10.1. The number of H-pyrrole nitrogens is 1. The van der Waals surface area contributed by atoms with Crippen molar-refractivity contribution >= 4 is 22.6 Å². The number of primary amides is 1. The number of amides is 1. The van der Waals surface area contributed by atoms with E-state index in [2.05, 4.69) is 14.9 Å². The molecular formula is C20H23N5O3. The zero-order valence-corrected chi connectivity index (χ0v) is 16.2. The third-order valence-electron chi connectivity index (χ3n) is 4.91. The Bertz CT molecular complexity index is 1040.